The van der Waals surface area contributed by atoms with Gasteiger partial charge in [0.1, 0.15) is 11.6 Å². The van der Waals surface area contributed by atoms with E-state index in [0.29, 0.717) is 5.92 Å². The summed E-state index contributed by atoms with van der Waals surface area (Å²) in [5.41, 5.74) is 2.17. The van der Waals surface area contributed by atoms with Crippen molar-refractivity contribution in [3.05, 3.63) is 60.0 Å². The molecular weight excluding hydrogens is 364 g/mol. The molecule has 0 saturated heterocycles. The second-order valence-corrected chi connectivity index (χ2v) is 6.95. The number of pyridine rings is 1. The number of methoxy groups -OCH3 is 1. The van der Waals surface area contributed by atoms with E-state index in [1.807, 2.05) is 40.9 Å². The second-order valence-electron chi connectivity index (χ2n) is 6.95. The minimum atomic E-state index is 0.440. The van der Waals surface area contributed by atoms with E-state index < -0.39 is 0 Å². The fourth-order valence-corrected chi connectivity index (χ4v) is 3.16. The number of guanidine groups is 1. The first-order valence-electron chi connectivity index (χ1n) is 10.2. The Morgan fingerprint density at radius 3 is 2.72 bits per heavy atom. The van der Waals surface area contributed by atoms with Gasteiger partial charge < -0.3 is 15.4 Å². The lowest BCUT2D eigenvalue weighted by Crippen LogP contribution is -2.38. The molecule has 1 unspecified atom stereocenters. The zero-order valence-corrected chi connectivity index (χ0v) is 17.4. The topological polar surface area (TPSA) is 75.8 Å². The van der Waals surface area contributed by atoms with Crippen LogP contribution in [-0.2, 0) is 6.42 Å². The van der Waals surface area contributed by atoms with E-state index in [1.165, 1.54) is 5.56 Å². The van der Waals surface area contributed by atoms with Crippen LogP contribution in [0, 0.1) is 0 Å². The summed E-state index contributed by atoms with van der Waals surface area (Å²) in [6.07, 6.45) is 3.75. The van der Waals surface area contributed by atoms with Gasteiger partial charge in [0.15, 0.2) is 11.6 Å². The zero-order chi connectivity index (χ0) is 20.5. The highest BCUT2D eigenvalue weighted by Gasteiger charge is 2.07. The molecule has 0 radical (unpaired) electrons. The van der Waals surface area contributed by atoms with Crippen molar-refractivity contribution in [2.45, 2.75) is 32.6 Å². The summed E-state index contributed by atoms with van der Waals surface area (Å²) in [6, 6.07) is 14.2. The van der Waals surface area contributed by atoms with Gasteiger partial charge in [-0.3, -0.25) is 9.39 Å². The summed E-state index contributed by atoms with van der Waals surface area (Å²) in [5, 5.41) is 15.2. The van der Waals surface area contributed by atoms with Crippen molar-refractivity contribution < 1.29 is 4.74 Å². The van der Waals surface area contributed by atoms with Crippen LogP contribution in [0.15, 0.2) is 53.7 Å². The number of hydrogen-bond donors (Lipinski definition) is 2. The van der Waals surface area contributed by atoms with Crippen LogP contribution in [0.5, 0.6) is 5.75 Å². The summed E-state index contributed by atoms with van der Waals surface area (Å²) >= 11 is 0. The fraction of sp³-hybridized carbons (Fsp3) is 0.409. The van der Waals surface area contributed by atoms with Crippen molar-refractivity contribution in [3.8, 4) is 5.75 Å². The van der Waals surface area contributed by atoms with Crippen molar-refractivity contribution in [1.82, 2.24) is 25.2 Å². The molecule has 154 valence electrons. The maximum atomic E-state index is 5.23. The molecule has 0 saturated carbocycles. The van der Waals surface area contributed by atoms with E-state index >= 15 is 0 Å². The van der Waals surface area contributed by atoms with E-state index in [0.717, 1.165) is 55.7 Å². The van der Waals surface area contributed by atoms with Gasteiger partial charge in [0, 0.05) is 32.3 Å². The summed E-state index contributed by atoms with van der Waals surface area (Å²) in [4.78, 5) is 4.72. The molecule has 29 heavy (non-hydrogen) atoms. The number of ether oxygens (including phenoxy) is 1. The maximum Gasteiger partial charge on any atom is 0.191 e. The van der Waals surface area contributed by atoms with E-state index in [4.69, 9.17) is 9.73 Å². The number of nitrogens with one attached hydrogen (secondary N) is 2. The quantitative estimate of drug-likeness (QED) is 0.431. The lowest BCUT2D eigenvalue weighted by molar-refractivity contribution is 0.414. The lowest BCUT2D eigenvalue weighted by atomic mass is 9.98. The summed E-state index contributed by atoms with van der Waals surface area (Å²) in [6.45, 7) is 6.64. The molecule has 0 aliphatic carbocycles. The van der Waals surface area contributed by atoms with E-state index in [9.17, 15) is 0 Å². The Morgan fingerprint density at radius 1 is 1.14 bits per heavy atom. The average molecular weight is 395 g/mol. The molecule has 2 aromatic heterocycles. The Kier molecular flexibility index (Phi) is 7.44. The van der Waals surface area contributed by atoms with Gasteiger partial charge in [0.05, 0.1) is 7.11 Å². The molecule has 2 heterocycles. The Bertz CT molecular complexity index is 918. The van der Waals surface area contributed by atoms with Crippen molar-refractivity contribution in [1.29, 1.82) is 0 Å². The third-order valence-electron chi connectivity index (χ3n) is 4.89. The molecule has 0 amide bonds. The lowest BCUT2D eigenvalue weighted by Gasteiger charge is -2.13. The first-order valence-corrected chi connectivity index (χ1v) is 10.2. The van der Waals surface area contributed by atoms with Crippen LogP contribution in [0.2, 0.25) is 0 Å². The molecule has 7 heteroatoms. The standard InChI is InChI=1S/C22H30N6O/c1-4-23-22(24-14-12-17(2)18-8-10-19(29-3)11-9-18)25-15-13-21-27-26-20-7-5-6-16-28(20)21/h5-11,16-17H,4,12-15H2,1-3H3,(H2,23,24,25). The van der Waals surface area contributed by atoms with Crippen LogP contribution < -0.4 is 15.4 Å². The Hall–Kier alpha value is -3.09. The normalized spacial score (nSPS) is 12.7. The number of hydrogen-bond acceptors (Lipinski definition) is 4. The molecule has 0 aliphatic heterocycles. The summed E-state index contributed by atoms with van der Waals surface area (Å²) < 4.78 is 7.24. The molecule has 3 rings (SSSR count). The maximum absolute atomic E-state index is 5.23. The van der Waals surface area contributed by atoms with Gasteiger partial charge in [-0.25, -0.2) is 0 Å². The zero-order valence-electron chi connectivity index (χ0n) is 17.4. The first-order chi connectivity index (χ1) is 14.2. The van der Waals surface area contributed by atoms with Gasteiger partial charge >= 0.3 is 0 Å². The number of nitrogens with zero attached hydrogens (tertiary/aromatic N) is 4. The van der Waals surface area contributed by atoms with Crippen molar-refractivity contribution in [2.75, 3.05) is 26.7 Å². The SMILES string of the molecule is CCNC(=NCCC(C)c1ccc(OC)cc1)NCCc1nnc2ccccn12. The summed E-state index contributed by atoms with van der Waals surface area (Å²) in [7, 11) is 1.69. The molecule has 0 aliphatic rings. The number of aliphatic imine (C=N–C) groups is 1. The van der Waals surface area contributed by atoms with Crippen molar-refractivity contribution in [3.63, 3.8) is 0 Å². The van der Waals surface area contributed by atoms with Gasteiger partial charge in [-0.2, -0.15) is 0 Å². The first kappa shape index (κ1) is 20.6. The molecular formula is C22H30N6O. The predicted molar refractivity (Wildman–Crippen MR) is 117 cm³/mol. The van der Waals surface area contributed by atoms with E-state index in [-0.39, 0.29) is 0 Å². The average Bonchev–Trinajstić information content (AvgIpc) is 3.17. The second kappa shape index (κ2) is 10.5. The monoisotopic (exact) mass is 394 g/mol. The Labute approximate surface area is 172 Å². The van der Waals surface area contributed by atoms with Crippen LogP contribution in [-0.4, -0.2) is 47.3 Å². The highest BCUT2D eigenvalue weighted by molar-refractivity contribution is 5.79. The predicted octanol–water partition coefficient (Wildman–Crippen LogP) is 3.03. The molecule has 2 N–H and O–H groups in total. The largest absolute Gasteiger partial charge is 0.497 e. The third-order valence-corrected chi connectivity index (χ3v) is 4.89. The number of rotatable bonds is 9. The van der Waals surface area contributed by atoms with Crippen LogP contribution >= 0.6 is 0 Å². The van der Waals surface area contributed by atoms with Gasteiger partial charge in [0.25, 0.3) is 0 Å². The van der Waals surface area contributed by atoms with Gasteiger partial charge in [-0.1, -0.05) is 25.1 Å². The molecule has 0 fully saturated rings. The van der Waals surface area contributed by atoms with Gasteiger partial charge in [-0.05, 0) is 49.1 Å². The highest BCUT2D eigenvalue weighted by Crippen LogP contribution is 2.21. The van der Waals surface area contributed by atoms with E-state index in [1.54, 1.807) is 7.11 Å². The highest BCUT2D eigenvalue weighted by atomic mass is 16.5. The molecule has 0 bridgehead atoms. The fourth-order valence-electron chi connectivity index (χ4n) is 3.16. The third kappa shape index (κ3) is 5.70. The van der Waals surface area contributed by atoms with Crippen molar-refractivity contribution in [2.24, 2.45) is 4.99 Å². The van der Waals surface area contributed by atoms with E-state index in [2.05, 4.69) is 46.8 Å². The number of benzene rings is 1. The minimum Gasteiger partial charge on any atom is -0.497 e. The van der Waals surface area contributed by atoms with Gasteiger partial charge in [-0.15, -0.1) is 10.2 Å². The minimum absolute atomic E-state index is 0.440. The summed E-state index contributed by atoms with van der Waals surface area (Å²) in [5.74, 6) is 3.10. The Balaban J connectivity index is 1.49. The molecule has 1 aromatic carbocycles. The van der Waals surface area contributed by atoms with Gasteiger partial charge in [0.2, 0.25) is 0 Å². The van der Waals surface area contributed by atoms with Crippen LogP contribution in [0.4, 0.5) is 0 Å². The smallest absolute Gasteiger partial charge is 0.191 e. The number of fused-ring (bicyclic) bond motifs is 1. The van der Waals surface area contributed by atoms with Crippen molar-refractivity contribution >= 4 is 11.6 Å². The molecule has 1 atom stereocenters. The molecule has 0 spiro atoms. The van der Waals surface area contributed by atoms with Crippen LogP contribution in [0.1, 0.15) is 37.6 Å². The van der Waals surface area contributed by atoms with Crippen LogP contribution in [0.25, 0.3) is 5.65 Å². The molecule has 7 nitrogen and oxygen atoms in total. The van der Waals surface area contributed by atoms with Crippen LogP contribution in [0.3, 0.4) is 0 Å². The Morgan fingerprint density at radius 2 is 1.97 bits per heavy atom. The number of aromatic nitrogens is 3. The molecule has 3 aromatic rings.